The summed E-state index contributed by atoms with van der Waals surface area (Å²) in [5.41, 5.74) is 2.97. The van der Waals surface area contributed by atoms with Crippen molar-refractivity contribution in [2.75, 3.05) is 0 Å². The third kappa shape index (κ3) is 3.94. The van der Waals surface area contributed by atoms with E-state index >= 15 is 0 Å². The fourth-order valence-electron chi connectivity index (χ4n) is 3.44. The molecule has 2 aromatic carbocycles. The van der Waals surface area contributed by atoms with Gasteiger partial charge in [-0.05, 0) is 49.2 Å². The van der Waals surface area contributed by atoms with Gasteiger partial charge < -0.3 is 0 Å². The highest BCUT2D eigenvalue weighted by Crippen LogP contribution is 2.15. The molecule has 6 heteroatoms. The molecule has 5 nitrogen and oxygen atoms in total. The summed E-state index contributed by atoms with van der Waals surface area (Å²) in [4.78, 5) is 31.1. The van der Waals surface area contributed by atoms with E-state index in [4.69, 9.17) is 0 Å². The fraction of sp³-hybridized carbons (Fsp3) is 0.0769. The summed E-state index contributed by atoms with van der Waals surface area (Å²) in [5, 5.41) is 9.99. The number of rotatable bonds is 4. The van der Waals surface area contributed by atoms with Gasteiger partial charge in [0, 0.05) is 11.8 Å². The maximum atomic E-state index is 13.5. The lowest BCUT2D eigenvalue weighted by Crippen LogP contribution is -2.32. The van der Waals surface area contributed by atoms with Crippen molar-refractivity contribution in [1.82, 2.24) is 9.55 Å². The SMILES string of the molecule is Cc1ccccc1C(=O)C(C#N)=c1sc(=Cc2ccccn2)c(=O)n1-c1ccccc1C. The van der Waals surface area contributed by atoms with Gasteiger partial charge in [-0.2, -0.15) is 5.26 Å². The Bertz CT molecular complexity index is 1540. The number of carbonyl (C=O) groups is 1. The van der Waals surface area contributed by atoms with Gasteiger partial charge in [0.15, 0.2) is 0 Å². The van der Waals surface area contributed by atoms with Crippen molar-refractivity contribution in [2.24, 2.45) is 0 Å². The van der Waals surface area contributed by atoms with Gasteiger partial charge >= 0.3 is 0 Å². The summed E-state index contributed by atoms with van der Waals surface area (Å²) in [5.74, 6) is -0.404. The standard InChI is InChI=1S/C26H19N3O2S/c1-17-9-3-5-12-20(17)24(30)21(16-27)26-29(22-13-6-4-10-18(22)2)25(31)23(32-26)15-19-11-7-8-14-28-19/h3-15H,1-2H3. The number of benzene rings is 2. The topological polar surface area (TPSA) is 75.8 Å². The molecule has 0 radical (unpaired) electrons. The van der Waals surface area contributed by atoms with Crippen LogP contribution in [0.1, 0.15) is 27.2 Å². The Morgan fingerprint density at radius 3 is 2.34 bits per heavy atom. The fourth-order valence-corrected chi connectivity index (χ4v) is 4.52. The van der Waals surface area contributed by atoms with Crippen molar-refractivity contribution < 1.29 is 4.79 Å². The number of hydrogen-bond donors (Lipinski definition) is 0. The molecular weight excluding hydrogens is 418 g/mol. The summed E-state index contributed by atoms with van der Waals surface area (Å²) < 4.78 is 2.17. The van der Waals surface area contributed by atoms with Crippen molar-refractivity contribution in [3.63, 3.8) is 0 Å². The second-order valence-electron chi connectivity index (χ2n) is 7.23. The summed E-state index contributed by atoms with van der Waals surface area (Å²) in [6, 6.07) is 22.0. The maximum Gasteiger partial charge on any atom is 0.273 e. The molecule has 32 heavy (non-hydrogen) atoms. The normalized spacial score (nSPS) is 12.3. The molecule has 2 heterocycles. The molecule has 0 saturated heterocycles. The van der Waals surface area contributed by atoms with E-state index in [2.05, 4.69) is 11.1 Å². The molecule has 0 spiro atoms. The van der Waals surface area contributed by atoms with Crippen molar-refractivity contribution in [3.05, 3.63) is 115 Å². The Kier molecular flexibility index (Phi) is 5.93. The third-order valence-corrected chi connectivity index (χ3v) is 6.18. The minimum absolute atomic E-state index is 0.0645. The summed E-state index contributed by atoms with van der Waals surface area (Å²) in [6.07, 6.45) is 3.33. The Morgan fingerprint density at radius 2 is 1.69 bits per heavy atom. The van der Waals surface area contributed by atoms with Crippen LogP contribution in [0, 0.1) is 25.2 Å². The molecule has 0 N–H and O–H groups in total. The Balaban J connectivity index is 2.10. The van der Waals surface area contributed by atoms with Crippen LogP contribution >= 0.6 is 11.3 Å². The number of nitrogens with zero attached hydrogens (tertiary/aromatic N) is 3. The zero-order valence-electron chi connectivity index (χ0n) is 17.6. The maximum absolute atomic E-state index is 13.5. The minimum Gasteiger partial charge on any atom is -0.288 e. The Hall–Kier alpha value is -4.08. The van der Waals surface area contributed by atoms with Gasteiger partial charge in [-0.1, -0.05) is 48.5 Å². The van der Waals surface area contributed by atoms with Crippen molar-refractivity contribution in [1.29, 1.82) is 5.26 Å². The van der Waals surface area contributed by atoms with Crippen LogP contribution in [0.25, 0.3) is 17.3 Å². The smallest absolute Gasteiger partial charge is 0.273 e. The largest absolute Gasteiger partial charge is 0.288 e. The molecule has 0 atom stereocenters. The summed E-state index contributed by atoms with van der Waals surface area (Å²) in [6.45, 7) is 3.71. The van der Waals surface area contributed by atoms with Gasteiger partial charge in [0.2, 0.25) is 5.78 Å². The van der Waals surface area contributed by atoms with Crippen molar-refractivity contribution in [2.45, 2.75) is 13.8 Å². The van der Waals surface area contributed by atoms with E-state index in [0.717, 1.165) is 22.5 Å². The lowest BCUT2D eigenvalue weighted by molar-refractivity contribution is 0.105. The number of hydrogen-bond acceptors (Lipinski definition) is 5. The highest BCUT2D eigenvalue weighted by atomic mass is 32.1. The number of Topliss-reactive ketones (excluding diaryl/α,β-unsaturated/α-hetero) is 1. The Morgan fingerprint density at radius 1 is 1.00 bits per heavy atom. The van der Waals surface area contributed by atoms with E-state index in [1.54, 1.807) is 36.5 Å². The predicted molar refractivity (Wildman–Crippen MR) is 126 cm³/mol. The molecule has 0 aliphatic carbocycles. The molecule has 156 valence electrons. The summed E-state index contributed by atoms with van der Waals surface area (Å²) in [7, 11) is 0. The predicted octanol–water partition coefficient (Wildman–Crippen LogP) is 3.30. The monoisotopic (exact) mass is 437 g/mol. The van der Waals surface area contributed by atoms with E-state index in [1.807, 2.05) is 56.3 Å². The van der Waals surface area contributed by atoms with Crippen molar-refractivity contribution in [3.8, 4) is 11.8 Å². The molecule has 0 bridgehead atoms. The molecule has 0 aliphatic rings. The second-order valence-corrected chi connectivity index (χ2v) is 8.26. The lowest BCUT2D eigenvalue weighted by atomic mass is 10.0. The number of thiazole rings is 1. The average Bonchev–Trinajstić information content (AvgIpc) is 3.11. The Labute approximate surface area is 188 Å². The lowest BCUT2D eigenvalue weighted by Gasteiger charge is -2.08. The van der Waals surface area contributed by atoms with Gasteiger partial charge in [-0.15, -0.1) is 11.3 Å². The first-order chi connectivity index (χ1) is 15.5. The van der Waals surface area contributed by atoms with Gasteiger partial charge in [0.05, 0.1) is 15.9 Å². The zero-order chi connectivity index (χ0) is 22.7. The number of ketones is 1. The van der Waals surface area contributed by atoms with E-state index < -0.39 is 5.78 Å². The van der Waals surface area contributed by atoms with Gasteiger partial charge in [-0.25, -0.2) is 0 Å². The van der Waals surface area contributed by atoms with Gasteiger partial charge in [0.25, 0.3) is 5.56 Å². The first kappa shape index (κ1) is 21.2. The first-order valence-corrected chi connectivity index (χ1v) is 10.8. The zero-order valence-corrected chi connectivity index (χ0v) is 18.4. The highest BCUT2D eigenvalue weighted by molar-refractivity contribution is 7.07. The minimum atomic E-state index is -0.404. The molecule has 2 aromatic heterocycles. The quantitative estimate of drug-likeness (QED) is 0.459. The molecule has 0 saturated carbocycles. The highest BCUT2D eigenvalue weighted by Gasteiger charge is 2.20. The van der Waals surface area contributed by atoms with E-state index in [9.17, 15) is 14.9 Å². The second kappa shape index (κ2) is 8.96. The molecule has 0 unspecified atom stereocenters. The van der Waals surface area contributed by atoms with Crippen LogP contribution < -0.4 is 14.8 Å². The average molecular weight is 438 g/mol. The van der Waals surface area contributed by atoms with Crippen LogP contribution in [0.15, 0.2) is 77.7 Å². The number of para-hydroxylation sites is 1. The van der Waals surface area contributed by atoms with Crippen LogP contribution in [0.2, 0.25) is 0 Å². The van der Waals surface area contributed by atoms with Crippen molar-refractivity contribution >= 4 is 28.8 Å². The summed E-state index contributed by atoms with van der Waals surface area (Å²) >= 11 is 1.12. The van der Waals surface area contributed by atoms with Crippen LogP contribution in [-0.4, -0.2) is 15.3 Å². The van der Waals surface area contributed by atoms with E-state index in [1.165, 1.54) is 4.57 Å². The molecular formula is C26H19N3O2S. The molecule has 0 amide bonds. The molecule has 0 aliphatic heterocycles. The third-order valence-electron chi connectivity index (χ3n) is 5.09. The van der Waals surface area contributed by atoms with Crippen LogP contribution in [0.5, 0.6) is 0 Å². The van der Waals surface area contributed by atoms with Crippen LogP contribution in [-0.2, 0) is 0 Å². The number of carbonyl (C=O) groups excluding carboxylic acids is 1. The van der Waals surface area contributed by atoms with E-state index in [0.29, 0.717) is 26.1 Å². The van der Waals surface area contributed by atoms with Gasteiger partial charge in [-0.3, -0.25) is 19.1 Å². The molecule has 4 aromatic rings. The number of aryl methyl sites for hydroxylation is 2. The van der Waals surface area contributed by atoms with E-state index in [-0.39, 0.29) is 11.1 Å². The number of nitriles is 1. The molecule has 4 rings (SSSR count). The van der Waals surface area contributed by atoms with Crippen LogP contribution in [0.3, 0.4) is 0 Å². The number of pyridine rings is 1. The first-order valence-electron chi connectivity index (χ1n) is 9.96. The van der Waals surface area contributed by atoms with Crippen LogP contribution in [0.4, 0.5) is 0 Å². The van der Waals surface area contributed by atoms with Gasteiger partial charge in [0.1, 0.15) is 16.3 Å². The number of aromatic nitrogens is 2. The molecule has 0 fully saturated rings.